The van der Waals surface area contributed by atoms with Crippen LogP contribution in [0.3, 0.4) is 0 Å². The van der Waals surface area contributed by atoms with Crippen LogP contribution in [0, 0.1) is 11.3 Å². The molecule has 1 fully saturated rings. The van der Waals surface area contributed by atoms with Crippen LogP contribution < -0.4 is 5.32 Å². The van der Waals surface area contributed by atoms with Crippen LogP contribution in [-0.4, -0.2) is 36.9 Å². The van der Waals surface area contributed by atoms with Gasteiger partial charge < -0.3 is 10.3 Å². The van der Waals surface area contributed by atoms with Gasteiger partial charge in [-0.05, 0) is 18.6 Å². The molecule has 7 heteroatoms. The number of nitrogens with zero attached hydrogens (tertiary/aromatic N) is 1. The Labute approximate surface area is 133 Å². The summed E-state index contributed by atoms with van der Waals surface area (Å²) in [5.41, 5.74) is 1.61. The zero-order valence-corrected chi connectivity index (χ0v) is 13.1. The summed E-state index contributed by atoms with van der Waals surface area (Å²) >= 11 is 0. The second-order valence-corrected chi connectivity index (χ2v) is 7.76. The Balaban J connectivity index is 1.82. The summed E-state index contributed by atoms with van der Waals surface area (Å²) in [5, 5.41) is 12.8. The highest BCUT2D eigenvalue weighted by Gasteiger charge is 2.29. The van der Waals surface area contributed by atoms with Crippen molar-refractivity contribution in [3.05, 3.63) is 41.6 Å². The minimum absolute atomic E-state index is 0.0425. The molecule has 23 heavy (non-hydrogen) atoms. The number of nitrogens with one attached hydrogen (secondary N) is 2. The largest absolute Gasteiger partial charge is 0.361 e. The predicted molar refractivity (Wildman–Crippen MR) is 87.1 cm³/mol. The van der Waals surface area contributed by atoms with E-state index in [-0.39, 0.29) is 17.1 Å². The summed E-state index contributed by atoms with van der Waals surface area (Å²) in [4.78, 5) is 15.3. The Morgan fingerprint density at radius 2 is 2.17 bits per heavy atom. The van der Waals surface area contributed by atoms with Crippen molar-refractivity contribution in [2.45, 2.75) is 12.5 Å². The third kappa shape index (κ3) is 3.27. The molecule has 0 radical (unpaired) electrons. The van der Waals surface area contributed by atoms with Gasteiger partial charge in [0.25, 0.3) is 5.91 Å². The van der Waals surface area contributed by atoms with Gasteiger partial charge in [0.1, 0.15) is 11.6 Å². The number of aromatic nitrogens is 1. The molecular formula is C16H15N3O3S. The molecule has 1 aromatic heterocycles. The molecule has 2 aromatic rings. The molecular weight excluding hydrogens is 314 g/mol. The first-order valence-corrected chi connectivity index (χ1v) is 9.00. The maximum atomic E-state index is 12.2. The van der Waals surface area contributed by atoms with Crippen LogP contribution in [0.2, 0.25) is 0 Å². The lowest BCUT2D eigenvalue weighted by Gasteiger charge is -2.09. The Bertz CT molecular complexity index is 935. The Morgan fingerprint density at radius 3 is 2.87 bits per heavy atom. The molecule has 1 amide bonds. The number of sulfone groups is 1. The SMILES string of the molecule is N#C/C(=C\c1c[nH]c2ccccc12)C(=O)NC1CCS(=O)(=O)C1. The maximum absolute atomic E-state index is 12.2. The highest BCUT2D eigenvalue weighted by molar-refractivity contribution is 7.91. The number of amides is 1. The van der Waals surface area contributed by atoms with Gasteiger partial charge in [0.05, 0.1) is 11.5 Å². The molecule has 0 bridgehead atoms. The lowest BCUT2D eigenvalue weighted by Crippen LogP contribution is -2.36. The van der Waals surface area contributed by atoms with Crippen molar-refractivity contribution in [3.8, 4) is 6.07 Å². The van der Waals surface area contributed by atoms with Gasteiger partial charge in [-0.2, -0.15) is 5.26 Å². The number of rotatable bonds is 3. The summed E-state index contributed by atoms with van der Waals surface area (Å²) in [6.45, 7) is 0. The van der Waals surface area contributed by atoms with Crippen LogP contribution in [0.1, 0.15) is 12.0 Å². The van der Waals surface area contributed by atoms with Gasteiger partial charge in [0, 0.05) is 28.7 Å². The number of H-pyrrole nitrogens is 1. The highest BCUT2D eigenvalue weighted by atomic mass is 32.2. The lowest BCUT2D eigenvalue weighted by atomic mass is 10.1. The zero-order valence-electron chi connectivity index (χ0n) is 12.2. The van der Waals surface area contributed by atoms with Crippen LogP contribution in [0.4, 0.5) is 0 Å². The highest BCUT2D eigenvalue weighted by Crippen LogP contribution is 2.20. The van der Waals surface area contributed by atoms with Crippen molar-refractivity contribution in [1.29, 1.82) is 5.26 Å². The van der Waals surface area contributed by atoms with E-state index in [0.717, 1.165) is 16.5 Å². The molecule has 0 aliphatic carbocycles. The molecule has 1 aliphatic rings. The molecule has 1 saturated heterocycles. The van der Waals surface area contributed by atoms with Crippen LogP contribution in [0.15, 0.2) is 36.0 Å². The molecule has 2 N–H and O–H groups in total. The second kappa shape index (κ2) is 5.89. The van der Waals surface area contributed by atoms with Crippen molar-refractivity contribution in [3.63, 3.8) is 0 Å². The van der Waals surface area contributed by atoms with Crippen LogP contribution in [0.25, 0.3) is 17.0 Å². The molecule has 0 spiro atoms. The fourth-order valence-corrected chi connectivity index (χ4v) is 4.36. The van der Waals surface area contributed by atoms with Crippen molar-refractivity contribution in [2.75, 3.05) is 11.5 Å². The third-order valence-corrected chi connectivity index (χ3v) is 5.62. The van der Waals surface area contributed by atoms with E-state index in [1.54, 1.807) is 6.20 Å². The molecule has 3 rings (SSSR count). The third-order valence-electron chi connectivity index (χ3n) is 3.85. The van der Waals surface area contributed by atoms with E-state index in [4.69, 9.17) is 0 Å². The molecule has 6 nitrogen and oxygen atoms in total. The van der Waals surface area contributed by atoms with E-state index in [2.05, 4.69) is 10.3 Å². The molecule has 0 saturated carbocycles. The summed E-state index contributed by atoms with van der Waals surface area (Å²) < 4.78 is 22.9. The number of hydrogen-bond donors (Lipinski definition) is 2. The summed E-state index contributed by atoms with van der Waals surface area (Å²) in [5.74, 6) is -0.531. The van der Waals surface area contributed by atoms with E-state index in [9.17, 15) is 18.5 Å². The van der Waals surface area contributed by atoms with E-state index in [0.29, 0.717) is 6.42 Å². The average molecular weight is 329 g/mol. The number of benzene rings is 1. The molecule has 2 heterocycles. The molecule has 1 aliphatic heterocycles. The van der Waals surface area contributed by atoms with Gasteiger partial charge in [-0.25, -0.2) is 8.42 Å². The maximum Gasteiger partial charge on any atom is 0.262 e. The van der Waals surface area contributed by atoms with Gasteiger partial charge in [0.15, 0.2) is 9.84 Å². The first-order valence-electron chi connectivity index (χ1n) is 7.18. The van der Waals surface area contributed by atoms with Gasteiger partial charge in [0.2, 0.25) is 0 Å². The van der Waals surface area contributed by atoms with Crippen molar-refractivity contribution in [1.82, 2.24) is 10.3 Å². The van der Waals surface area contributed by atoms with E-state index in [1.807, 2.05) is 30.3 Å². The Morgan fingerprint density at radius 1 is 1.39 bits per heavy atom. The fourth-order valence-electron chi connectivity index (χ4n) is 2.69. The lowest BCUT2D eigenvalue weighted by molar-refractivity contribution is -0.117. The van der Waals surface area contributed by atoms with Crippen LogP contribution >= 0.6 is 0 Å². The molecule has 1 unspecified atom stereocenters. The number of para-hydroxylation sites is 1. The summed E-state index contributed by atoms with van der Waals surface area (Å²) in [6.07, 6.45) is 3.63. The first kappa shape index (κ1) is 15.3. The summed E-state index contributed by atoms with van der Waals surface area (Å²) in [6, 6.07) is 9.03. The molecule has 1 aromatic carbocycles. The summed E-state index contributed by atoms with van der Waals surface area (Å²) in [7, 11) is -3.07. The second-order valence-electron chi connectivity index (χ2n) is 5.53. The van der Waals surface area contributed by atoms with Gasteiger partial charge >= 0.3 is 0 Å². The Hall–Kier alpha value is -2.59. The quantitative estimate of drug-likeness (QED) is 0.656. The standard InChI is InChI=1S/C16H15N3O3S/c17-8-11(16(20)19-13-5-6-23(21,22)10-13)7-12-9-18-15-4-2-1-3-14(12)15/h1-4,7,9,13,18H,5-6,10H2,(H,19,20)/b11-7+. The van der Waals surface area contributed by atoms with E-state index in [1.165, 1.54) is 6.08 Å². The normalized spacial score (nSPS) is 20.3. The van der Waals surface area contributed by atoms with E-state index < -0.39 is 21.8 Å². The number of nitriles is 1. The molecule has 118 valence electrons. The smallest absolute Gasteiger partial charge is 0.262 e. The number of carbonyl (C=O) groups is 1. The number of fused-ring (bicyclic) bond motifs is 1. The first-order chi connectivity index (χ1) is 11.0. The van der Waals surface area contributed by atoms with Gasteiger partial charge in [-0.1, -0.05) is 18.2 Å². The monoisotopic (exact) mass is 329 g/mol. The number of carbonyl (C=O) groups excluding carboxylic acids is 1. The zero-order chi connectivity index (χ0) is 16.4. The molecule has 1 atom stereocenters. The minimum Gasteiger partial charge on any atom is -0.361 e. The van der Waals surface area contributed by atoms with Gasteiger partial charge in [-0.15, -0.1) is 0 Å². The van der Waals surface area contributed by atoms with Crippen LogP contribution in [0.5, 0.6) is 0 Å². The number of aromatic amines is 1. The fraction of sp³-hybridized carbons (Fsp3) is 0.250. The van der Waals surface area contributed by atoms with Crippen molar-refractivity contribution in [2.24, 2.45) is 0 Å². The van der Waals surface area contributed by atoms with Crippen LogP contribution in [-0.2, 0) is 14.6 Å². The van der Waals surface area contributed by atoms with Gasteiger partial charge in [-0.3, -0.25) is 4.79 Å². The predicted octanol–water partition coefficient (Wildman–Crippen LogP) is 1.38. The Kier molecular flexibility index (Phi) is 3.92. The minimum atomic E-state index is -3.07. The average Bonchev–Trinajstić information content (AvgIpc) is 3.08. The van der Waals surface area contributed by atoms with Crippen molar-refractivity contribution < 1.29 is 13.2 Å². The topological polar surface area (TPSA) is 103 Å². The number of hydrogen-bond acceptors (Lipinski definition) is 4. The van der Waals surface area contributed by atoms with Crippen molar-refractivity contribution >= 4 is 32.7 Å². The van der Waals surface area contributed by atoms with E-state index >= 15 is 0 Å².